The second-order valence-electron chi connectivity index (χ2n) is 6.31. The van der Waals surface area contributed by atoms with E-state index in [0.29, 0.717) is 11.8 Å². The fourth-order valence-electron chi connectivity index (χ4n) is 2.53. The average molecular weight is 370 g/mol. The summed E-state index contributed by atoms with van der Waals surface area (Å²) in [5, 5.41) is 13.2. The minimum atomic E-state index is -0.166. The molecule has 3 rings (SSSR count). The van der Waals surface area contributed by atoms with Crippen molar-refractivity contribution in [3.05, 3.63) is 52.7 Å². The lowest BCUT2D eigenvalue weighted by Crippen LogP contribution is -2.32. The summed E-state index contributed by atoms with van der Waals surface area (Å²) in [5.41, 5.74) is 3.07. The molecule has 0 spiro atoms. The first-order valence-corrected chi connectivity index (χ1v) is 9.27. The number of nitrogens with one attached hydrogen (secondary N) is 1. The lowest BCUT2D eigenvalue weighted by molar-refractivity contribution is -0.117. The molecule has 136 valence electrons. The van der Waals surface area contributed by atoms with Crippen LogP contribution < -0.4 is 5.32 Å². The van der Waals surface area contributed by atoms with Gasteiger partial charge in [0.15, 0.2) is 0 Å². The highest BCUT2D eigenvalue weighted by molar-refractivity contribution is 7.13. The van der Waals surface area contributed by atoms with Gasteiger partial charge in [-0.15, -0.1) is 21.5 Å². The van der Waals surface area contributed by atoms with Crippen molar-refractivity contribution in [2.24, 2.45) is 0 Å². The summed E-state index contributed by atoms with van der Waals surface area (Å²) in [7, 11) is 1.86. The fourth-order valence-corrected chi connectivity index (χ4v) is 3.18. The molecule has 0 bridgehead atoms. The number of thiophene rings is 1. The summed E-state index contributed by atoms with van der Waals surface area (Å²) < 4.78 is 5.76. The molecular formula is C19H22N4O2S. The third-order valence-electron chi connectivity index (χ3n) is 4.46. The summed E-state index contributed by atoms with van der Waals surface area (Å²) in [6.45, 7) is 6.20. The molecule has 1 atom stereocenters. The monoisotopic (exact) mass is 370 g/mol. The molecule has 3 aromatic rings. The molecule has 0 radical (unpaired) electrons. The largest absolute Gasteiger partial charge is 0.418 e. The van der Waals surface area contributed by atoms with Crippen LogP contribution in [0.2, 0.25) is 0 Å². The predicted molar refractivity (Wildman–Crippen MR) is 103 cm³/mol. The Kier molecular flexibility index (Phi) is 5.49. The zero-order valence-electron chi connectivity index (χ0n) is 15.3. The maximum Gasteiger partial charge on any atom is 0.257 e. The van der Waals surface area contributed by atoms with Gasteiger partial charge in [0.25, 0.3) is 5.89 Å². The molecule has 0 aliphatic carbocycles. The summed E-state index contributed by atoms with van der Waals surface area (Å²) in [6.07, 6.45) is 0. The lowest BCUT2D eigenvalue weighted by Gasteiger charge is -2.21. The Morgan fingerprint density at radius 1 is 1.27 bits per heavy atom. The van der Waals surface area contributed by atoms with Gasteiger partial charge in [0.1, 0.15) is 0 Å². The third kappa shape index (κ3) is 4.00. The number of amides is 1. The van der Waals surface area contributed by atoms with Gasteiger partial charge in [0.05, 0.1) is 17.5 Å². The number of aromatic nitrogens is 2. The predicted octanol–water partition coefficient (Wildman–Crippen LogP) is 4.05. The zero-order chi connectivity index (χ0) is 18.7. The molecule has 2 heterocycles. The van der Waals surface area contributed by atoms with E-state index in [1.807, 2.05) is 68.4 Å². The third-order valence-corrected chi connectivity index (χ3v) is 5.32. The quantitative estimate of drug-likeness (QED) is 0.709. The molecule has 2 aromatic heterocycles. The Morgan fingerprint density at radius 3 is 2.81 bits per heavy atom. The van der Waals surface area contributed by atoms with E-state index in [1.165, 1.54) is 0 Å². The summed E-state index contributed by atoms with van der Waals surface area (Å²) in [5.74, 6) is 0.927. The van der Waals surface area contributed by atoms with Crippen molar-refractivity contribution in [1.82, 2.24) is 15.1 Å². The number of aryl methyl sites for hydroxylation is 1. The first-order chi connectivity index (χ1) is 12.5. The van der Waals surface area contributed by atoms with Crippen LogP contribution in [-0.4, -0.2) is 34.6 Å². The smallest absolute Gasteiger partial charge is 0.257 e. The Morgan fingerprint density at radius 2 is 2.08 bits per heavy atom. The molecule has 1 N–H and O–H groups in total. The summed E-state index contributed by atoms with van der Waals surface area (Å²) in [4.78, 5) is 15.2. The standard InChI is InChI=1S/C19H22N4O2S/c1-12-7-5-8-15(13(12)2)20-17(24)11-23(4)14(3)18-21-22-19(25-18)16-9-6-10-26-16/h5-10,14H,11H2,1-4H3,(H,20,24)/t14-/m0/s1. The van der Waals surface area contributed by atoms with Gasteiger partial charge < -0.3 is 9.73 Å². The van der Waals surface area contributed by atoms with Crippen LogP contribution in [0.4, 0.5) is 5.69 Å². The number of carbonyl (C=O) groups excluding carboxylic acids is 1. The van der Waals surface area contributed by atoms with Crippen molar-refractivity contribution in [2.75, 3.05) is 18.9 Å². The number of carbonyl (C=O) groups is 1. The highest BCUT2D eigenvalue weighted by Crippen LogP contribution is 2.26. The first-order valence-electron chi connectivity index (χ1n) is 8.39. The number of likely N-dealkylation sites (N-methyl/N-ethyl adjacent to an activating group) is 1. The minimum Gasteiger partial charge on any atom is -0.418 e. The topological polar surface area (TPSA) is 71.3 Å². The van der Waals surface area contributed by atoms with E-state index in [1.54, 1.807) is 11.3 Å². The SMILES string of the molecule is Cc1cccc(NC(=O)CN(C)[C@@H](C)c2nnc(-c3cccs3)o2)c1C. The van der Waals surface area contributed by atoms with Crippen LogP contribution in [0.1, 0.15) is 30.0 Å². The van der Waals surface area contributed by atoms with E-state index in [4.69, 9.17) is 4.42 Å². The van der Waals surface area contributed by atoms with Crippen molar-refractivity contribution in [1.29, 1.82) is 0 Å². The van der Waals surface area contributed by atoms with Gasteiger partial charge in [-0.3, -0.25) is 9.69 Å². The van der Waals surface area contributed by atoms with E-state index in [2.05, 4.69) is 15.5 Å². The van der Waals surface area contributed by atoms with Gasteiger partial charge in [-0.05, 0) is 56.5 Å². The van der Waals surface area contributed by atoms with Gasteiger partial charge in [-0.25, -0.2) is 0 Å². The highest BCUT2D eigenvalue weighted by atomic mass is 32.1. The Labute approximate surface area is 156 Å². The van der Waals surface area contributed by atoms with Crippen LogP contribution >= 0.6 is 11.3 Å². The summed E-state index contributed by atoms with van der Waals surface area (Å²) >= 11 is 1.55. The van der Waals surface area contributed by atoms with Gasteiger partial charge in [0, 0.05) is 5.69 Å². The van der Waals surface area contributed by atoms with E-state index in [9.17, 15) is 4.79 Å². The van der Waals surface area contributed by atoms with E-state index < -0.39 is 0 Å². The minimum absolute atomic E-state index is 0.0777. The van der Waals surface area contributed by atoms with Gasteiger partial charge in [-0.1, -0.05) is 18.2 Å². The number of benzene rings is 1. The number of anilines is 1. The Bertz CT molecular complexity index is 889. The molecule has 0 aliphatic rings. The van der Waals surface area contributed by atoms with Gasteiger partial charge >= 0.3 is 0 Å². The Hall–Kier alpha value is -2.51. The van der Waals surface area contributed by atoms with Crippen LogP contribution in [0.15, 0.2) is 40.1 Å². The van der Waals surface area contributed by atoms with Crippen molar-refractivity contribution < 1.29 is 9.21 Å². The van der Waals surface area contributed by atoms with Gasteiger partial charge in [0.2, 0.25) is 11.8 Å². The lowest BCUT2D eigenvalue weighted by atomic mass is 10.1. The molecule has 1 aromatic carbocycles. The normalized spacial score (nSPS) is 12.3. The maximum atomic E-state index is 12.4. The van der Waals surface area contributed by atoms with E-state index in [-0.39, 0.29) is 18.5 Å². The van der Waals surface area contributed by atoms with Crippen molar-refractivity contribution in [2.45, 2.75) is 26.8 Å². The van der Waals surface area contributed by atoms with Crippen molar-refractivity contribution in [3.8, 4) is 10.8 Å². The van der Waals surface area contributed by atoms with E-state index in [0.717, 1.165) is 21.7 Å². The second-order valence-corrected chi connectivity index (χ2v) is 7.26. The van der Waals surface area contributed by atoms with Crippen molar-refractivity contribution >= 4 is 22.9 Å². The van der Waals surface area contributed by atoms with Crippen LogP contribution in [0.3, 0.4) is 0 Å². The number of nitrogens with zero attached hydrogens (tertiary/aromatic N) is 3. The molecule has 0 unspecified atom stereocenters. The molecule has 0 saturated carbocycles. The second kappa shape index (κ2) is 7.80. The molecule has 0 saturated heterocycles. The number of hydrogen-bond acceptors (Lipinski definition) is 6. The summed E-state index contributed by atoms with van der Waals surface area (Å²) in [6, 6.07) is 9.59. The van der Waals surface area contributed by atoms with Crippen LogP contribution in [0, 0.1) is 13.8 Å². The zero-order valence-corrected chi connectivity index (χ0v) is 16.1. The number of hydrogen-bond donors (Lipinski definition) is 1. The molecule has 1 amide bonds. The first kappa shape index (κ1) is 18.3. The average Bonchev–Trinajstić information content (AvgIpc) is 3.29. The number of rotatable bonds is 6. The van der Waals surface area contributed by atoms with E-state index >= 15 is 0 Å². The highest BCUT2D eigenvalue weighted by Gasteiger charge is 2.21. The van der Waals surface area contributed by atoms with Crippen LogP contribution in [-0.2, 0) is 4.79 Å². The molecular weight excluding hydrogens is 348 g/mol. The maximum absolute atomic E-state index is 12.4. The molecule has 0 aliphatic heterocycles. The Balaban J connectivity index is 1.63. The van der Waals surface area contributed by atoms with Crippen LogP contribution in [0.25, 0.3) is 10.8 Å². The molecule has 26 heavy (non-hydrogen) atoms. The van der Waals surface area contributed by atoms with Crippen molar-refractivity contribution in [3.63, 3.8) is 0 Å². The van der Waals surface area contributed by atoms with Crippen LogP contribution in [0.5, 0.6) is 0 Å². The molecule has 6 nitrogen and oxygen atoms in total. The van der Waals surface area contributed by atoms with Gasteiger partial charge in [-0.2, -0.15) is 0 Å². The molecule has 7 heteroatoms. The molecule has 0 fully saturated rings. The fraction of sp³-hybridized carbons (Fsp3) is 0.316.